The molecule has 4 heteroatoms. The molecule has 1 aromatic rings. The Kier molecular flexibility index (Phi) is 2.72. The zero-order valence-electron chi connectivity index (χ0n) is 8.57. The van der Waals surface area contributed by atoms with Crippen LogP contribution in [0.25, 0.3) is 0 Å². The number of piperidine rings is 1. The SMILES string of the molecule is Cc1cc(N2CCCC(CN)C2)no1. The lowest BCUT2D eigenvalue weighted by atomic mass is 9.98. The summed E-state index contributed by atoms with van der Waals surface area (Å²) >= 11 is 0. The molecule has 0 amide bonds. The number of aromatic nitrogens is 1. The van der Waals surface area contributed by atoms with Gasteiger partial charge in [-0.2, -0.15) is 0 Å². The number of hydrogen-bond donors (Lipinski definition) is 1. The van der Waals surface area contributed by atoms with Crippen molar-refractivity contribution in [2.75, 3.05) is 24.5 Å². The highest BCUT2D eigenvalue weighted by Gasteiger charge is 2.20. The first-order valence-corrected chi connectivity index (χ1v) is 5.18. The second kappa shape index (κ2) is 4.00. The first-order valence-electron chi connectivity index (χ1n) is 5.18. The molecule has 1 aliphatic heterocycles. The van der Waals surface area contributed by atoms with Crippen LogP contribution in [0.4, 0.5) is 5.82 Å². The van der Waals surface area contributed by atoms with Gasteiger partial charge in [-0.25, -0.2) is 0 Å². The summed E-state index contributed by atoms with van der Waals surface area (Å²) in [6.45, 7) is 4.78. The lowest BCUT2D eigenvalue weighted by Crippen LogP contribution is -2.38. The van der Waals surface area contributed by atoms with Gasteiger partial charge in [0.15, 0.2) is 5.82 Å². The Morgan fingerprint density at radius 3 is 3.21 bits per heavy atom. The van der Waals surface area contributed by atoms with E-state index in [-0.39, 0.29) is 0 Å². The molecule has 1 aromatic heterocycles. The van der Waals surface area contributed by atoms with Crippen molar-refractivity contribution in [2.45, 2.75) is 19.8 Å². The molecule has 1 fully saturated rings. The van der Waals surface area contributed by atoms with E-state index in [4.69, 9.17) is 10.3 Å². The highest BCUT2D eigenvalue weighted by molar-refractivity contribution is 5.38. The fraction of sp³-hybridized carbons (Fsp3) is 0.700. The Morgan fingerprint density at radius 1 is 1.71 bits per heavy atom. The highest BCUT2D eigenvalue weighted by atomic mass is 16.5. The van der Waals surface area contributed by atoms with Gasteiger partial charge in [0.2, 0.25) is 0 Å². The largest absolute Gasteiger partial charge is 0.360 e. The summed E-state index contributed by atoms with van der Waals surface area (Å²) in [5.74, 6) is 2.44. The maximum Gasteiger partial charge on any atom is 0.172 e. The van der Waals surface area contributed by atoms with Crippen molar-refractivity contribution >= 4 is 5.82 Å². The van der Waals surface area contributed by atoms with Crippen molar-refractivity contribution in [1.82, 2.24) is 5.16 Å². The minimum atomic E-state index is 0.612. The third kappa shape index (κ3) is 1.90. The number of anilines is 1. The summed E-state index contributed by atoms with van der Waals surface area (Å²) in [5, 5.41) is 4.02. The molecule has 0 bridgehead atoms. The normalized spacial score (nSPS) is 22.7. The van der Waals surface area contributed by atoms with Crippen molar-refractivity contribution in [1.29, 1.82) is 0 Å². The first kappa shape index (κ1) is 9.52. The maximum atomic E-state index is 5.68. The predicted octanol–water partition coefficient (Wildman–Crippen LogP) is 1.16. The van der Waals surface area contributed by atoms with Crippen LogP contribution in [0.5, 0.6) is 0 Å². The smallest absolute Gasteiger partial charge is 0.172 e. The van der Waals surface area contributed by atoms with Gasteiger partial charge >= 0.3 is 0 Å². The number of nitrogens with zero attached hydrogens (tertiary/aromatic N) is 2. The van der Waals surface area contributed by atoms with Crippen LogP contribution in [0, 0.1) is 12.8 Å². The molecule has 0 aromatic carbocycles. The number of aryl methyl sites for hydroxylation is 1. The topological polar surface area (TPSA) is 55.3 Å². The standard InChI is InChI=1S/C10H17N3O/c1-8-5-10(12-14-8)13-4-2-3-9(6-11)7-13/h5,9H,2-4,6-7,11H2,1H3. The van der Waals surface area contributed by atoms with Gasteiger partial charge in [-0.1, -0.05) is 5.16 Å². The number of hydrogen-bond acceptors (Lipinski definition) is 4. The van der Waals surface area contributed by atoms with E-state index in [2.05, 4.69) is 10.1 Å². The molecule has 2 heterocycles. The summed E-state index contributed by atoms with van der Waals surface area (Å²) in [5.41, 5.74) is 5.68. The zero-order valence-corrected chi connectivity index (χ0v) is 8.57. The summed E-state index contributed by atoms with van der Waals surface area (Å²) < 4.78 is 5.06. The quantitative estimate of drug-likeness (QED) is 0.769. The molecule has 2 N–H and O–H groups in total. The Labute approximate surface area is 84.0 Å². The fourth-order valence-electron chi connectivity index (χ4n) is 1.97. The van der Waals surface area contributed by atoms with E-state index in [0.717, 1.165) is 31.2 Å². The lowest BCUT2D eigenvalue weighted by Gasteiger charge is -2.31. The third-order valence-electron chi connectivity index (χ3n) is 2.79. The van der Waals surface area contributed by atoms with E-state index in [0.29, 0.717) is 5.92 Å². The molecule has 1 saturated heterocycles. The van der Waals surface area contributed by atoms with Crippen LogP contribution < -0.4 is 10.6 Å². The minimum absolute atomic E-state index is 0.612. The minimum Gasteiger partial charge on any atom is -0.360 e. The highest BCUT2D eigenvalue weighted by Crippen LogP contribution is 2.21. The molecule has 4 nitrogen and oxygen atoms in total. The van der Waals surface area contributed by atoms with Crippen molar-refractivity contribution < 1.29 is 4.52 Å². The number of rotatable bonds is 2. The van der Waals surface area contributed by atoms with Gasteiger partial charge in [0.25, 0.3) is 0 Å². The van der Waals surface area contributed by atoms with E-state index < -0.39 is 0 Å². The Morgan fingerprint density at radius 2 is 2.57 bits per heavy atom. The second-order valence-electron chi connectivity index (χ2n) is 3.99. The molecule has 78 valence electrons. The molecule has 1 unspecified atom stereocenters. The van der Waals surface area contributed by atoms with Crippen LogP contribution in [-0.4, -0.2) is 24.8 Å². The van der Waals surface area contributed by atoms with E-state index in [1.54, 1.807) is 0 Å². The first-order chi connectivity index (χ1) is 6.79. The zero-order chi connectivity index (χ0) is 9.97. The van der Waals surface area contributed by atoms with Gasteiger partial charge in [-0.05, 0) is 32.2 Å². The molecule has 14 heavy (non-hydrogen) atoms. The lowest BCUT2D eigenvalue weighted by molar-refractivity contribution is 0.384. The van der Waals surface area contributed by atoms with E-state index >= 15 is 0 Å². The van der Waals surface area contributed by atoms with Gasteiger partial charge in [0, 0.05) is 19.2 Å². The molecule has 2 rings (SSSR count). The van der Waals surface area contributed by atoms with Crippen LogP contribution in [-0.2, 0) is 0 Å². The van der Waals surface area contributed by atoms with E-state index in [1.165, 1.54) is 12.8 Å². The molecule has 1 atom stereocenters. The van der Waals surface area contributed by atoms with Gasteiger partial charge in [-0.3, -0.25) is 0 Å². The molecular weight excluding hydrogens is 178 g/mol. The van der Waals surface area contributed by atoms with Gasteiger partial charge < -0.3 is 15.2 Å². The summed E-state index contributed by atoms with van der Waals surface area (Å²) in [6.07, 6.45) is 2.44. The predicted molar refractivity (Wildman–Crippen MR) is 55.2 cm³/mol. The Balaban J connectivity index is 2.04. The molecule has 0 saturated carbocycles. The average Bonchev–Trinajstić information content (AvgIpc) is 2.65. The van der Waals surface area contributed by atoms with Gasteiger partial charge in [-0.15, -0.1) is 0 Å². The van der Waals surface area contributed by atoms with Crippen LogP contribution in [0.1, 0.15) is 18.6 Å². The van der Waals surface area contributed by atoms with Crippen LogP contribution in [0.3, 0.4) is 0 Å². The summed E-state index contributed by atoms with van der Waals surface area (Å²) in [6, 6.07) is 1.99. The summed E-state index contributed by atoms with van der Waals surface area (Å²) in [4.78, 5) is 2.26. The molecule has 0 aliphatic carbocycles. The van der Waals surface area contributed by atoms with E-state index in [9.17, 15) is 0 Å². The van der Waals surface area contributed by atoms with E-state index in [1.807, 2.05) is 13.0 Å². The maximum absolute atomic E-state index is 5.68. The van der Waals surface area contributed by atoms with Crippen molar-refractivity contribution in [2.24, 2.45) is 11.7 Å². The Hall–Kier alpha value is -1.03. The molecule has 1 aliphatic rings. The molecular formula is C10H17N3O. The molecule has 0 radical (unpaired) electrons. The van der Waals surface area contributed by atoms with Gasteiger partial charge in [0.1, 0.15) is 5.76 Å². The van der Waals surface area contributed by atoms with Crippen LogP contribution >= 0.6 is 0 Å². The van der Waals surface area contributed by atoms with Crippen molar-refractivity contribution in [3.63, 3.8) is 0 Å². The molecule has 0 spiro atoms. The van der Waals surface area contributed by atoms with Crippen molar-refractivity contribution in [3.05, 3.63) is 11.8 Å². The van der Waals surface area contributed by atoms with Gasteiger partial charge in [0.05, 0.1) is 0 Å². The monoisotopic (exact) mass is 195 g/mol. The Bertz CT molecular complexity index is 297. The number of nitrogens with two attached hydrogens (primary N) is 1. The second-order valence-corrected chi connectivity index (χ2v) is 3.99. The van der Waals surface area contributed by atoms with Crippen molar-refractivity contribution in [3.8, 4) is 0 Å². The average molecular weight is 195 g/mol. The third-order valence-corrected chi connectivity index (χ3v) is 2.79. The van der Waals surface area contributed by atoms with Crippen LogP contribution in [0.15, 0.2) is 10.6 Å². The summed E-state index contributed by atoms with van der Waals surface area (Å²) in [7, 11) is 0. The fourth-order valence-corrected chi connectivity index (χ4v) is 1.97. The van der Waals surface area contributed by atoms with Crippen LogP contribution in [0.2, 0.25) is 0 Å².